The zero-order chi connectivity index (χ0) is 38.2. The Morgan fingerprint density at radius 1 is 0.945 bits per heavy atom. The molecule has 6 N–H and O–H groups in total. The van der Waals surface area contributed by atoms with Crippen LogP contribution >= 0.6 is 0 Å². The summed E-state index contributed by atoms with van der Waals surface area (Å²) >= 11 is 0. The maximum atomic E-state index is 14.1. The van der Waals surface area contributed by atoms with Crippen LogP contribution < -0.4 is 5.32 Å². The van der Waals surface area contributed by atoms with Crippen molar-refractivity contribution >= 4 is 12.3 Å². The molecular weight excluding hydrogens is 698 g/mol. The Balaban J connectivity index is 1.10. The molecule has 16 unspecified atom stereocenters. The summed E-state index contributed by atoms with van der Waals surface area (Å²) in [5.41, 5.74) is -7.01. The van der Waals surface area contributed by atoms with Crippen molar-refractivity contribution in [2.75, 3.05) is 26.8 Å². The van der Waals surface area contributed by atoms with Crippen molar-refractivity contribution in [1.29, 1.82) is 0 Å². The van der Waals surface area contributed by atoms with Gasteiger partial charge in [0.05, 0.1) is 23.2 Å². The van der Waals surface area contributed by atoms with E-state index in [0.29, 0.717) is 76.4 Å². The van der Waals surface area contributed by atoms with Crippen LogP contribution in [-0.4, -0.2) is 99.2 Å². The molecule has 10 heteroatoms. The van der Waals surface area contributed by atoms with Crippen molar-refractivity contribution in [3.8, 4) is 0 Å². The van der Waals surface area contributed by atoms with E-state index in [0.717, 1.165) is 36.8 Å². The molecular formula is C45H63NO9. The first-order chi connectivity index (χ1) is 26.5. The molecule has 7 saturated carbocycles. The van der Waals surface area contributed by atoms with Crippen molar-refractivity contribution in [1.82, 2.24) is 5.32 Å². The molecule has 10 nitrogen and oxygen atoms in total. The van der Waals surface area contributed by atoms with E-state index in [9.17, 15) is 35.1 Å². The second-order valence-corrected chi connectivity index (χ2v) is 20.1. The van der Waals surface area contributed by atoms with E-state index in [1.165, 1.54) is 25.7 Å². The molecule has 0 aromatic heterocycles. The molecule has 0 radical (unpaired) electrons. The third kappa shape index (κ3) is 4.52. The smallest absolute Gasteiger partial charge is 0.332 e. The number of fused-ring (bicyclic) bond motifs is 4. The van der Waals surface area contributed by atoms with Gasteiger partial charge in [-0.05, 0) is 130 Å². The quantitative estimate of drug-likeness (QED) is 0.0925. The molecule has 10 rings (SSSR count). The van der Waals surface area contributed by atoms with Crippen LogP contribution in [0.2, 0.25) is 0 Å². The van der Waals surface area contributed by atoms with Crippen LogP contribution in [0, 0.1) is 64.1 Å². The van der Waals surface area contributed by atoms with Gasteiger partial charge in [-0.2, -0.15) is 0 Å². The average Bonchev–Trinajstić information content (AvgIpc) is 3.84. The van der Waals surface area contributed by atoms with Crippen molar-refractivity contribution < 1.29 is 44.6 Å². The standard InChI is InChI=1S/C45H63NO9/c1-54-18-6-17-46-24-29-19-28-23-43(51)40(13-5-14-42(29)33(38(28)40)22-37(49)55-42)16-12-36-41(25-47)15-11-35(48)32-20-27-9-4-10-30(26-7-2-3-8-26)31(27)21-34(44(32,41)52)39(50)45(36,43)53/h4,9,19,22,25-28,30-32,34-36,38-39,46,48,50-53H,2-3,5-8,10-18,20-21,23-24H2,1H3. The van der Waals surface area contributed by atoms with E-state index in [-0.39, 0.29) is 42.5 Å². The minimum absolute atomic E-state index is 0.0946. The first-order valence-electron chi connectivity index (χ1n) is 22.0. The van der Waals surface area contributed by atoms with E-state index < -0.39 is 63.2 Å². The predicted octanol–water partition coefficient (Wildman–Crippen LogP) is 3.92. The highest BCUT2D eigenvalue weighted by atomic mass is 16.6. The lowest BCUT2D eigenvalue weighted by atomic mass is 9.35. The molecule has 0 saturated heterocycles. The third-order valence-electron chi connectivity index (χ3n) is 18.7. The summed E-state index contributed by atoms with van der Waals surface area (Å²) in [5.74, 6) is -2.17. The predicted molar refractivity (Wildman–Crippen MR) is 202 cm³/mol. The van der Waals surface area contributed by atoms with Crippen LogP contribution in [0.3, 0.4) is 0 Å². The van der Waals surface area contributed by atoms with Gasteiger partial charge in [0.25, 0.3) is 0 Å². The van der Waals surface area contributed by atoms with Gasteiger partial charge in [0.1, 0.15) is 17.5 Å². The second kappa shape index (κ2) is 12.8. The lowest BCUT2D eigenvalue weighted by molar-refractivity contribution is -0.375. The second-order valence-electron chi connectivity index (χ2n) is 20.1. The molecule has 7 fully saturated rings. The molecule has 0 aromatic carbocycles. The number of hydrogen-bond donors (Lipinski definition) is 6. The zero-order valence-electron chi connectivity index (χ0n) is 32.5. The van der Waals surface area contributed by atoms with E-state index in [2.05, 4.69) is 23.5 Å². The minimum atomic E-state index is -2.11. The number of esters is 1. The summed E-state index contributed by atoms with van der Waals surface area (Å²) in [4.78, 5) is 27.4. The molecule has 1 heterocycles. The number of aliphatic hydroxyl groups excluding tert-OH is 2. The number of methoxy groups -OCH3 is 1. The van der Waals surface area contributed by atoms with Crippen molar-refractivity contribution in [3.63, 3.8) is 0 Å². The largest absolute Gasteiger partial charge is 0.447 e. The van der Waals surface area contributed by atoms with E-state index in [4.69, 9.17) is 9.47 Å². The number of allylic oxidation sites excluding steroid dienone is 3. The topological polar surface area (TPSA) is 166 Å². The molecule has 0 amide bonds. The summed E-state index contributed by atoms with van der Waals surface area (Å²) in [7, 11) is 1.69. The van der Waals surface area contributed by atoms with E-state index in [1.807, 2.05) is 0 Å². The number of hydrogen-bond acceptors (Lipinski definition) is 10. The molecule has 1 aliphatic heterocycles. The maximum absolute atomic E-state index is 14.1. The van der Waals surface area contributed by atoms with Crippen molar-refractivity contribution in [2.24, 2.45) is 64.1 Å². The normalized spacial score (nSPS) is 53.4. The van der Waals surface area contributed by atoms with E-state index in [1.54, 1.807) is 13.2 Å². The van der Waals surface area contributed by atoms with Crippen LogP contribution in [0.15, 0.2) is 35.5 Å². The third-order valence-corrected chi connectivity index (χ3v) is 18.7. The Morgan fingerprint density at radius 3 is 2.55 bits per heavy atom. The van der Waals surface area contributed by atoms with Crippen LogP contribution in [-0.2, 0) is 19.1 Å². The molecule has 0 aromatic rings. The number of aliphatic hydroxyl groups is 5. The number of aldehydes is 1. The summed E-state index contributed by atoms with van der Waals surface area (Å²) in [5, 5.41) is 69.9. The molecule has 55 heavy (non-hydrogen) atoms. The highest BCUT2D eigenvalue weighted by molar-refractivity contribution is 5.88. The van der Waals surface area contributed by atoms with Gasteiger partial charge in [0.2, 0.25) is 0 Å². The van der Waals surface area contributed by atoms with Gasteiger partial charge in [0.15, 0.2) is 5.60 Å². The molecule has 302 valence electrons. The fourth-order valence-corrected chi connectivity index (χ4v) is 16.8. The summed E-state index contributed by atoms with van der Waals surface area (Å²) in [6.07, 6.45) is 17.8. The average molecular weight is 762 g/mol. The summed E-state index contributed by atoms with van der Waals surface area (Å²) in [6, 6.07) is 0. The molecule has 2 bridgehead atoms. The number of ether oxygens (including phenoxy) is 2. The van der Waals surface area contributed by atoms with Crippen molar-refractivity contribution in [2.45, 2.75) is 137 Å². The fraction of sp³-hybridized carbons (Fsp3) is 0.822. The van der Waals surface area contributed by atoms with Crippen LogP contribution in [0.4, 0.5) is 0 Å². The molecule has 9 aliphatic carbocycles. The number of nitrogens with one attached hydrogen (secondary N) is 1. The van der Waals surface area contributed by atoms with Gasteiger partial charge < -0.3 is 45.1 Å². The van der Waals surface area contributed by atoms with Gasteiger partial charge in [-0.1, -0.05) is 43.9 Å². The van der Waals surface area contributed by atoms with Crippen LogP contribution in [0.25, 0.3) is 0 Å². The first kappa shape index (κ1) is 37.4. The number of carbonyl (C=O) groups is 2. The Kier molecular flexibility index (Phi) is 8.69. The lowest BCUT2D eigenvalue weighted by Crippen LogP contribution is -2.85. The maximum Gasteiger partial charge on any atom is 0.332 e. The summed E-state index contributed by atoms with van der Waals surface area (Å²) < 4.78 is 11.6. The molecule has 1 spiro atoms. The molecule has 10 aliphatic rings. The van der Waals surface area contributed by atoms with Gasteiger partial charge in [0, 0.05) is 49.5 Å². The van der Waals surface area contributed by atoms with E-state index >= 15 is 0 Å². The minimum Gasteiger partial charge on any atom is -0.447 e. The van der Waals surface area contributed by atoms with Crippen LogP contribution in [0.5, 0.6) is 0 Å². The number of carbonyl (C=O) groups excluding carboxylic acids is 2. The Bertz CT molecular complexity index is 1690. The first-order valence-corrected chi connectivity index (χ1v) is 22.0. The Labute approximate surface area is 325 Å². The highest BCUT2D eigenvalue weighted by Gasteiger charge is 2.86. The SMILES string of the molecule is COCCCNCC1=CC2CC3(O)C4(CCCC15OC(=O)C=C5C24)CCC1C2(C=O)CCC(O)C4CC5C=CCC(C6CCCC6)C5CC(C(O)C13O)C42O. The Hall–Kier alpha value is -1.92. The Morgan fingerprint density at radius 2 is 1.76 bits per heavy atom. The van der Waals surface area contributed by atoms with Gasteiger partial charge in [-0.3, -0.25) is 0 Å². The zero-order valence-corrected chi connectivity index (χ0v) is 32.5. The lowest BCUT2D eigenvalue weighted by Gasteiger charge is -2.73. The fourth-order valence-electron chi connectivity index (χ4n) is 16.8. The highest BCUT2D eigenvalue weighted by Crippen LogP contribution is 2.78. The van der Waals surface area contributed by atoms with Crippen molar-refractivity contribution in [3.05, 3.63) is 35.5 Å². The summed E-state index contributed by atoms with van der Waals surface area (Å²) in [6.45, 7) is 1.89. The number of rotatable bonds is 8. The van der Waals surface area contributed by atoms with Crippen LogP contribution in [0.1, 0.15) is 103 Å². The van der Waals surface area contributed by atoms with Gasteiger partial charge in [-0.25, -0.2) is 4.79 Å². The monoisotopic (exact) mass is 761 g/mol. The molecule has 16 atom stereocenters. The van der Waals surface area contributed by atoms with Gasteiger partial charge in [-0.15, -0.1) is 0 Å². The van der Waals surface area contributed by atoms with Gasteiger partial charge >= 0.3 is 5.97 Å².